The third-order valence-electron chi connectivity index (χ3n) is 3.67. The molecule has 1 aromatic carbocycles. The van der Waals surface area contributed by atoms with E-state index in [1.54, 1.807) is 36.4 Å². The SMILES string of the molecule is Cc1cc(Sc2ncccn2)ccc1NC(=O)CCSCc1ccccn1. The minimum Gasteiger partial charge on any atom is -0.326 e. The summed E-state index contributed by atoms with van der Waals surface area (Å²) in [7, 11) is 0. The molecule has 1 N–H and O–H groups in total. The fraction of sp³-hybridized carbons (Fsp3) is 0.200. The van der Waals surface area contributed by atoms with Gasteiger partial charge in [0.25, 0.3) is 0 Å². The van der Waals surface area contributed by atoms with Gasteiger partial charge in [-0.05, 0) is 60.6 Å². The van der Waals surface area contributed by atoms with E-state index in [1.165, 1.54) is 11.8 Å². The Morgan fingerprint density at radius 3 is 2.59 bits per heavy atom. The van der Waals surface area contributed by atoms with Gasteiger partial charge in [-0.1, -0.05) is 6.07 Å². The lowest BCUT2D eigenvalue weighted by Gasteiger charge is -2.10. The van der Waals surface area contributed by atoms with E-state index >= 15 is 0 Å². The lowest BCUT2D eigenvalue weighted by Crippen LogP contribution is -2.13. The summed E-state index contributed by atoms with van der Waals surface area (Å²) >= 11 is 3.21. The van der Waals surface area contributed by atoms with Crippen molar-refractivity contribution in [2.24, 2.45) is 0 Å². The van der Waals surface area contributed by atoms with E-state index < -0.39 is 0 Å². The summed E-state index contributed by atoms with van der Waals surface area (Å²) in [4.78, 5) is 25.9. The molecule has 0 bridgehead atoms. The predicted octanol–water partition coefficient (Wildman–Crippen LogP) is 4.59. The van der Waals surface area contributed by atoms with Gasteiger partial charge in [-0.2, -0.15) is 11.8 Å². The Morgan fingerprint density at radius 2 is 1.85 bits per heavy atom. The Bertz CT molecular complexity index is 876. The van der Waals surface area contributed by atoms with Crippen molar-refractivity contribution in [1.29, 1.82) is 0 Å². The number of rotatable bonds is 8. The summed E-state index contributed by atoms with van der Waals surface area (Å²) < 4.78 is 0. The molecule has 0 unspecified atom stereocenters. The number of nitrogens with zero attached hydrogens (tertiary/aromatic N) is 3. The number of pyridine rings is 1. The molecule has 0 aliphatic carbocycles. The lowest BCUT2D eigenvalue weighted by atomic mass is 10.2. The van der Waals surface area contributed by atoms with Gasteiger partial charge in [0.2, 0.25) is 5.91 Å². The number of nitrogens with one attached hydrogen (secondary N) is 1. The molecule has 5 nitrogen and oxygen atoms in total. The van der Waals surface area contributed by atoms with Crippen LogP contribution in [-0.4, -0.2) is 26.6 Å². The van der Waals surface area contributed by atoms with Gasteiger partial charge < -0.3 is 5.32 Å². The van der Waals surface area contributed by atoms with Crippen LogP contribution in [-0.2, 0) is 10.5 Å². The van der Waals surface area contributed by atoms with E-state index in [1.807, 2.05) is 43.3 Å². The minimum absolute atomic E-state index is 0.0263. The first-order valence-electron chi connectivity index (χ1n) is 8.54. The second kappa shape index (κ2) is 10.1. The molecular formula is C20H20N4OS2. The topological polar surface area (TPSA) is 67.8 Å². The quantitative estimate of drug-likeness (QED) is 0.444. The summed E-state index contributed by atoms with van der Waals surface area (Å²) in [6.45, 7) is 1.99. The average Bonchev–Trinajstić information content (AvgIpc) is 2.69. The van der Waals surface area contributed by atoms with Crippen LogP contribution in [0.3, 0.4) is 0 Å². The Hall–Kier alpha value is -2.38. The molecule has 138 valence electrons. The number of amides is 1. The van der Waals surface area contributed by atoms with Crippen molar-refractivity contribution in [2.75, 3.05) is 11.1 Å². The first-order valence-corrected chi connectivity index (χ1v) is 10.5. The van der Waals surface area contributed by atoms with Crippen LogP contribution in [0.1, 0.15) is 17.7 Å². The van der Waals surface area contributed by atoms with Crippen LogP contribution in [0.2, 0.25) is 0 Å². The second-order valence-electron chi connectivity index (χ2n) is 5.78. The molecular weight excluding hydrogens is 376 g/mol. The van der Waals surface area contributed by atoms with E-state index in [2.05, 4.69) is 20.3 Å². The van der Waals surface area contributed by atoms with Crippen LogP contribution in [0.25, 0.3) is 0 Å². The molecule has 0 atom stereocenters. The number of aromatic nitrogens is 3. The van der Waals surface area contributed by atoms with Crippen molar-refractivity contribution in [3.63, 3.8) is 0 Å². The Labute approximate surface area is 167 Å². The molecule has 7 heteroatoms. The standard InChI is InChI=1S/C20H20N4OS2/c1-15-13-17(27-20-22-10-4-11-23-20)6-7-18(15)24-19(25)8-12-26-14-16-5-2-3-9-21-16/h2-7,9-11,13H,8,12,14H2,1H3,(H,24,25). The van der Waals surface area contributed by atoms with Gasteiger partial charge in [-0.15, -0.1) is 0 Å². The monoisotopic (exact) mass is 396 g/mol. The maximum Gasteiger partial charge on any atom is 0.225 e. The Kier molecular flexibility index (Phi) is 7.24. The summed E-state index contributed by atoms with van der Waals surface area (Å²) in [5.41, 5.74) is 2.90. The van der Waals surface area contributed by atoms with Crippen LogP contribution in [0.5, 0.6) is 0 Å². The number of anilines is 1. The minimum atomic E-state index is 0.0263. The molecule has 1 amide bonds. The van der Waals surface area contributed by atoms with Crippen LogP contribution in [0.15, 0.2) is 71.1 Å². The van der Waals surface area contributed by atoms with Gasteiger partial charge in [0.15, 0.2) is 5.16 Å². The van der Waals surface area contributed by atoms with Crippen molar-refractivity contribution in [3.05, 3.63) is 72.3 Å². The summed E-state index contributed by atoms with van der Waals surface area (Å²) in [6.07, 6.45) is 5.72. The number of carbonyl (C=O) groups is 1. The maximum atomic E-state index is 12.2. The highest BCUT2D eigenvalue weighted by molar-refractivity contribution is 7.99. The van der Waals surface area contributed by atoms with Crippen LogP contribution < -0.4 is 5.32 Å². The van der Waals surface area contributed by atoms with E-state index in [0.717, 1.165) is 33.3 Å². The van der Waals surface area contributed by atoms with E-state index in [-0.39, 0.29) is 5.91 Å². The second-order valence-corrected chi connectivity index (χ2v) is 7.93. The molecule has 0 saturated heterocycles. The largest absolute Gasteiger partial charge is 0.326 e. The highest BCUT2D eigenvalue weighted by Gasteiger charge is 2.07. The van der Waals surface area contributed by atoms with E-state index in [9.17, 15) is 4.79 Å². The summed E-state index contributed by atoms with van der Waals surface area (Å²) in [5.74, 6) is 1.61. The fourth-order valence-electron chi connectivity index (χ4n) is 2.32. The third-order valence-corrected chi connectivity index (χ3v) is 5.55. The van der Waals surface area contributed by atoms with Gasteiger partial charge in [0.05, 0.1) is 5.69 Å². The number of hydrogen-bond donors (Lipinski definition) is 1. The molecule has 0 fully saturated rings. The summed E-state index contributed by atoms with van der Waals surface area (Å²) in [6, 6.07) is 13.6. The van der Waals surface area contributed by atoms with Gasteiger partial charge >= 0.3 is 0 Å². The molecule has 2 heterocycles. The van der Waals surface area contributed by atoms with Gasteiger partial charge in [-0.25, -0.2) is 9.97 Å². The van der Waals surface area contributed by atoms with Gasteiger partial charge in [0, 0.05) is 47.1 Å². The normalized spacial score (nSPS) is 10.6. The number of aryl methyl sites for hydroxylation is 1. The average molecular weight is 397 g/mol. The van der Waals surface area contributed by atoms with E-state index in [4.69, 9.17) is 0 Å². The molecule has 0 saturated carbocycles. The van der Waals surface area contributed by atoms with Crippen molar-refractivity contribution >= 4 is 35.1 Å². The highest BCUT2D eigenvalue weighted by Crippen LogP contribution is 2.28. The van der Waals surface area contributed by atoms with E-state index in [0.29, 0.717) is 11.6 Å². The smallest absolute Gasteiger partial charge is 0.225 e. The highest BCUT2D eigenvalue weighted by atomic mass is 32.2. The first-order chi connectivity index (χ1) is 13.2. The molecule has 0 radical (unpaired) electrons. The molecule has 0 aliphatic heterocycles. The zero-order chi connectivity index (χ0) is 18.9. The van der Waals surface area contributed by atoms with Crippen molar-refractivity contribution < 1.29 is 4.79 Å². The molecule has 3 rings (SSSR count). The van der Waals surface area contributed by atoms with Crippen molar-refractivity contribution in [3.8, 4) is 0 Å². The fourth-order valence-corrected chi connectivity index (χ4v) is 3.98. The Morgan fingerprint density at radius 1 is 1.04 bits per heavy atom. The van der Waals surface area contributed by atoms with Crippen LogP contribution >= 0.6 is 23.5 Å². The number of carbonyl (C=O) groups excluding carboxylic acids is 1. The van der Waals surface area contributed by atoms with Gasteiger partial charge in [0.1, 0.15) is 0 Å². The third kappa shape index (κ3) is 6.37. The molecule has 27 heavy (non-hydrogen) atoms. The number of hydrogen-bond acceptors (Lipinski definition) is 6. The first kappa shape index (κ1) is 19.4. The Balaban J connectivity index is 1.46. The maximum absolute atomic E-state index is 12.2. The zero-order valence-electron chi connectivity index (χ0n) is 15.0. The van der Waals surface area contributed by atoms with Crippen LogP contribution in [0, 0.1) is 6.92 Å². The molecule has 0 spiro atoms. The predicted molar refractivity (Wildman–Crippen MR) is 111 cm³/mol. The lowest BCUT2D eigenvalue weighted by molar-refractivity contribution is -0.115. The summed E-state index contributed by atoms with van der Waals surface area (Å²) in [5, 5.41) is 3.70. The van der Waals surface area contributed by atoms with Crippen molar-refractivity contribution in [2.45, 2.75) is 29.1 Å². The number of benzene rings is 1. The van der Waals surface area contributed by atoms with Crippen LogP contribution in [0.4, 0.5) is 5.69 Å². The van der Waals surface area contributed by atoms with Crippen molar-refractivity contribution in [1.82, 2.24) is 15.0 Å². The van der Waals surface area contributed by atoms with Gasteiger partial charge in [-0.3, -0.25) is 9.78 Å². The number of thioether (sulfide) groups is 1. The zero-order valence-corrected chi connectivity index (χ0v) is 16.6. The molecule has 2 aromatic heterocycles. The molecule has 0 aliphatic rings. The molecule has 3 aromatic rings.